The van der Waals surface area contributed by atoms with Crippen LogP contribution in [0.2, 0.25) is 5.02 Å². The number of benzene rings is 1. The smallest absolute Gasteiger partial charge is 0.127 e. The summed E-state index contributed by atoms with van der Waals surface area (Å²) in [4.78, 5) is 0. The van der Waals surface area contributed by atoms with Crippen molar-refractivity contribution in [3.63, 3.8) is 0 Å². The zero-order valence-corrected chi connectivity index (χ0v) is 12.5. The molecular weight excluding hydrogens is 283 g/mol. The van der Waals surface area contributed by atoms with Crippen molar-refractivity contribution in [1.82, 2.24) is 0 Å². The van der Waals surface area contributed by atoms with Crippen LogP contribution < -0.4 is 0 Å². The number of hydrogen-bond donors (Lipinski definition) is 1. The van der Waals surface area contributed by atoms with Crippen molar-refractivity contribution < 1.29 is 9.50 Å². The number of thioether (sulfide) groups is 1. The maximum Gasteiger partial charge on any atom is 0.127 e. The van der Waals surface area contributed by atoms with Gasteiger partial charge in [-0.25, -0.2) is 4.39 Å². The average molecular weight is 303 g/mol. The van der Waals surface area contributed by atoms with Crippen LogP contribution in [0.3, 0.4) is 0 Å². The molecular formula is C15H20ClFOS. The van der Waals surface area contributed by atoms with Gasteiger partial charge in [0.05, 0.1) is 6.10 Å². The van der Waals surface area contributed by atoms with Gasteiger partial charge in [-0.2, -0.15) is 11.8 Å². The molecule has 1 nitrogen and oxygen atoms in total. The SMILES string of the molecule is OC(CSC1CCCCC1)Cc1ccc(Cl)cc1F. The highest BCUT2D eigenvalue weighted by atomic mass is 35.5. The molecule has 0 saturated heterocycles. The van der Waals surface area contributed by atoms with E-state index in [1.54, 1.807) is 12.1 Å². The van der Waals surface area contributed by atoms with E-state index in [0.717, 1.165) is 0 Å². The Morgan fingerprint density at radius 1 is 1.32 bits per heavy atom. The predicted molar refractivity (Wildman–Crippen MR) is 80.5 cm³/mol. The lowest BCUT2D eigenvalue weighted by atomic mass is 10.0. The molecule has 2 rings (SSSR count). The number of hydrogen-bond acceptors (Lipinski definition) is 2. The predicted octanol–water partition coefficient (Wildman–Crippen LogP) is 4.45. The molecule has 0 aromatic heterocycles. The summed E-state index contributed by atoms with van der Waals surface area (Å²) in [5, 5.41) is 11.1. The first-order valence-corrected chi connectivity index (χ1v) is 8.31. The van der Waals surface area contributed by atoms with Crippen LogP contribution in [-0.4, -0.2) is 22.2 Å². The highest BCUT2D eigenvalue weighted by molar-refractivity contribution is 7.99. The molecule has 0 heterocycles. The van der Waals surface area contributed by atoms with Gasteiger partial charge in [0.1, 0.15) is 5.82 Å². The Bertz CT molecular complexity index is 407. The van der Waals surface area contributed by atoms with E-state index in [9.17, 15) is 9.50 Å². The molecule has 0 radical (unpaired) electrons. The molecule has 1 aromatic carbocycles. The van der Waals surface area contributed by atoms with Crippen LogP contribution in [0.15, 0.2) is 18.2 Å². The van der Waals surface area contributed by atoms with Crippen molar-refractivity contribution in [3.8, 4) is 0 Å². The quantitative estimate of drug-likeness (QED) is 0.867. The highest BCUT2D eigenvalue weighted by Gasteiger charge is 2.16. The van der Waals surface area contributed by atoms with Gasteiger partial charge in [-0.3, -0.25) is 0 Å². The molecule has 1 aliphatic carbocycles. The monoisotopic (exact) mass is 302 g/mol. The second-order valence-corrected chi connectivity index (χ2v) is 6.96. The minimum Gasteiger partial charge on any atom is -0.392 e. The number of aliphatic hydroxyl groups is 1. The summed E-state index contributed by atoms with van der Waals surface area (Å²) >= 11 is 7.54. The molecule has 0 amide bonds. The summed E-state index contributed by atoms with van der Waals surface area (Å²) in [5.41, 5.74) is 0.543. The Hall–Kier alpha value is -0.250. The fourth-order valence-corrected chi connectivity index (χ4v) is 3.92. The Labute approximate surface area is 123 Å². The topological polar surface area (TPSA) is 20.2 Å². The maximum absolute atomic E-state index is 13.6. The third kappa shape index (κ3) is 4.97. The van der Waals surface area contributed by atoms with Gasteiger partial charge in [-0.1, -0.05) is 36.9 Å². The van der Waals surface area contributed by atoms with Crippen LogP contribution in [0.4, 0.5) is 4.39 Å². The van der Waals surface area contributed by atoms with E-state index in [-0.39, 0.29) is 5.82 Å². The normalized spacial score (nSPS) is 18.5. The van der Waals surface area contributed by atoms with E-state index in [2.05, 4.69) is 0 Å². The van der Waals surface area contributed by atoms with Gasteiger partial charge in [-0.15, -0.1) is 0 Å². The van der Waals surface area contributed by atoms with E-state index < -0.39 is 6.10 Å². The first-order chi connectivity index (χ1) is 9.15. The van der Waals surface area contributed by atoms with E-state index >= 15 is 0 Å². The van der Waals surface area contributed by atoms with Crippen LogP contribution in [0, 0.1) is 5.82 Å². The van der Waals surface area contributed by atoms with Crippen LogP contribution in [-0.2, 0) is 6.42 Å². The van der Waals surface area contributed by atoms with E-state index in [4.69, 9.17) is 11.6 Å². The number of halogens is 2. The zero-order valence-electron chi connectivity index (χ0n) is 10.9. The molecule has 1 atom stereocenters. The minimum absolute atomic E-state index is 0.325. The molecule has 0 spiro atoms. The van der Waals surface area contributed by atoms with Gasteiger partial charge in [0, 0.05) is 22.4 Å². The average Bonchev–Trinajstić information content (AvgIpc) is 2.41. The lowest BCUT2D eigenvalue weighted by Crippen LogP contribution is -2.18. The van der Waals surface area contributed by atoms with Gasteiger partial charge in [-0.05, 0) is 30.5 Å². The van der Waals surface area contributed by atoms with Gasteiger partial charge < -0.3 is 5.11 Å². The minimum atomic E-state index is -0.484. The van der Waals surface area contributed by atoms with Crippen molar-refractivity contribution in [2.45, 2.75) is 49.9 Å². The molecule has 1 saturated carbocycles. The molecule has 4 heteroatoms. The summed E-state index contributed by atoms with van der Waals surface area (Å²) in [6.45, 7) is 0. The molecule has 106 valence electrons. The number of rotatable bonds is 5. The fraction of sp³-hybridized carbons (Fsp3) is 0.600. The van der Waals surface area contributed by atoms with Crippen molar-refractivity contribution in [2.24, 2.45) is 0 Å². The second-order valence-electron chi connectivity index (χ2n) is 5.19. The third-order valence-electron chi connectivity index (χ3n) is 3.55. The van der Waals surface area contributed by atoms with E-state index in [1.807, 2.05) is 11.8 Å². The zero-order chi connectivity index (χ0) is 13.7. The molecule has 1 unspecified atom stereocenters. The largest absolute Gasteiger partial charge is 0.392 e. The molecule has 1 N–H and O–H groups in total. The Morgan fingerprint density at radius 3 is 2.74 bits per heavy atom. The standard InChI is InChI=1S/C15H20ClFOS/c16-12-7-6-11(15(17)9-12)8-13(18)10-19-14-4-2-1-3-5-14/h6-7,9,13-14,18H,1-5,8,10H2. The Kier molecular flexibility index (Phi) is 5.99. The molecule has 1 fully saturated rings. The Morgan fingerprint density at radius 2 is 2.05 bits per heavy atom. The molecule has 0 aliphatic heterocycles. The van der Waals surface area contributed by atoms with Gasteiger partial charge in [0.2, 0.25) is 0 Å². The van der Waals surface area contributed by atoms with Gasteiger partial charge in [0.25, 0.3) is 0 Å². The second kappa shape index (κ2) is 7.51. The maximum atomic E-state index is 13.6. The molecule has 1 aliphatic rings. The lowest BCUT2D eigenvalue weighted by Gasteiger charge is -2.22. The van der Waals surface area contributed by atoms with E-state index in [1.165, 1.54) is 38.2 Å². The number of aliphatic hydroxyl groups excluding tert-OH is 1. The van der Waals surface area contributed by atoms with Crippen molar-refractivity contribution in [2.75, 3.05) is 5.75 Å². The fourth-order valence-electron chi connectivity index (χ4n) is 2.48. The van der Waals surface area contributed by atoms with Crippen molar-refractivity contribution >= 4 is 23.4 Å². The van der Waals surface area contributed by atoms with Crippen molar-refractivity contribution in [3.05, 3.63) is 34.6 Å². The third-order valence-corrected chi connectivity index (χ3v) is 5.30. The van der Waals surface area contributed by atoms with Crippen LogP contribution in [0.5, 0.6) is 0 Å². The van der Waals surface area contributed by atoms with Gasteiger partial charge >= 0.3 is 0 Å². The van der Waals surface area contributed by atoms with Crippen LogP contribution in [0.25, 0.3) is 0 Å². The molecule has 0 bridgehead atoms. The highest BCUT2D eigenvalue weighted by Crippen LogP contribution is 2.29. The van der Waals surface area contributed by atoms with Gasteiger partial charge in [0.15, 0.2) is 0 Å². The van der Waals surface area contributed by atoms with Crippen LogP contribution >= 0.6 is 23.4 Å². The van der Waals surface area contributed by atoms with Crippen LogP contribution in [0.1, 0.15) is 37.7 Å². The molecule has 1 aromatic rings. The van der Waals surface area contributed by atoms with Crippen molar-refractivity contribution in [1.29, 1.82) is 0 Å². The lowest BCUT2D eigenvalue weighted by molar-refractivity contribution is 0.198. The summed E-state index contributed by atoms with van der Waals surface area (Å²) in [5.74, 6) is 0.362. The first-order valence-electron chi connectivity index (χ1n) is 6.89. The summed E-state index contributed by atoms with van der Waals surface area (Å²) in [6, 6.07) is 4.63. The summed E-state index contributed by atoms with van der Waals surface area (Å²) in [6.07, 6.45) is 6.35. The first kappa shape index (κ1) is 15.1. The molecule has 19 heavy (non-hydrogen) atoms. The Balaban J connectivity index is 1.78. The van der Waals surface area contributed by atoms with E-state index in [0.29, 0.717) is 28.0 Å². The summed E-state index contributed by atoms with van der Waals surface area (Å²) < 4.78 is 13.6. The summed E-state index contributed by atoms with van der Waals surface area (Å²) in [7, 11) is 0.